The second kappa shape index (κ2) is 6.97. The molecule has 0 aliphatic rings. The number of allylic oxidation sites excluding steroid dienone is 1. The van der Waals surface area contributed by atoms with Crippen molar-refractivity contribution in [3.63, 3.8) is 0 Å². The Kier molecular flexibility index (Phi) is 4.57. The SMILES string of the molecule is CCN(CC)c1ccc(/C=C(\C#N)c2nc3ccncc3[nH]2)cc1. The molecule has 3 rings (SSSR count). The Balaban J connectivity index is 1.91. The quantitative estimate of drug-likeness (QED) is 0.725. The van der Waals surface area contributed by atoms with Gasteiger partial charge >= 0.3 is 0 Å². The molecule has 0 saturated carbocycles. The van der Waals surface area contributed by atoms with Gasteiger partial charge in [0.05, 0.1) is 22.8 Å². The third-order valence-electron chi connectivity index (χ3n) is 3.99. The lowest BCUT2D eigenvalue weighted by Gasteiger charge is -2.20. The van der Waals surface area contributed by atoms with Gasteiger partial charge in [-0.25, -0.2) is 4.98 Å². The molecule has 2 heterocycles. The van der Waals surface area contributed by atoms with Crippen LogP contribution >= 0.6 is 0 Å². The molecule has 3 aromatic rings. The summed E-state index contributed by atoms with van der Waals surface area (Å²) in [4.78, 5) is 13.9. The topological polar surface area (TPSA) is 68.6 Å². The fourth-order valence-corrected chi connectivity index (χ4v) is 2.67. The summed E-state index contributed by atoms with van der Waals surface area (Å²) in [5.74, 6) is 0.563. The number of nitrogens with zero attached hydrogens (tertiary/aromatic N) is 4. The molecule has 1 aromatic carbocycles. The number of anilines is 1. The van der Waals surface area contributed by atoms with Crippen LogP contribution in [0, 0.1) is 11.3 Å². The summed E-state index contributed by atoms with van der Waals surface area (Å²) in [6.07, 6.45) is 5.24. The number of rotatable bonds is 5. The number of H-pyrrole nitrogens is 1. The molecule has 120 valence electrons. The number of hydrogen-bond donors (Lipinski definition) is 1. The highest BCUT2D eigenvalue weighted by Gasteiger charge is 2.08. The van der Waals surface area contributed by atoms with E-state index in [2.05, 4.69) is 51.9 Å². The maximum Gasteiger partial charge on any atom is 0.149 e. The van der Waals surface area contributed by atoms with Crippen LogP contribution in [0.15, 0.2) is 42.7 Å². The number of aromatic amines is 1. The average molecular weight is 317 g/mol. The Morgan fingerprint density at radius 2 is 1.96 bits per heavy atom. The van der Waals surface area contributed by atoms with Crippen molar-refractivity contribution >= 4 is 28.4 Å². The van der Waals surface area contributed by atoms with Crippen LogP contribution in [-0.4, -0.2) is 28.0 Å². The monoisotopic (exact) mass is 317 g/mol. The molecule has 1 N–H and O–H groups in total. The molecule has 0 saturated heterocycles. The number of nitriles is 1. The molecule has 0 unspecified atom stereocenters. The molecule has 5 nitrogen and oxygen atoms in total. The highest BCUT2D eigenvalue weighted by atomic mass is 15.1. The van der Waals surface area contributed by atoms with Crippen molar-refractivity contribution in [1.82, 2.24) is 15.0 Å². The van der Waals surface area contributed by atoms with Gasteiger partial charge in [-0.3, -0.25) is 4.98 Å². The largest absolute Gasteiger partial charge is 0.372 e. The third-order valence-corrected chi connectivity index (χ3v) is 3.99. The molecule has 0 amide bonds. The summed E-state index contributed by atoms with van der Waals surface area (Å²) in [6, 6.07) is 12.3. The molecule has 0 radical (unpaired) electrons. The van der Waals surface area contributed by atoms with E-state index in [0.29, 0.717) is 11.4 Å². The van der Waals surface area contributed by atoms with E-state index in [4.69, 9.17) is 0 Å². The maximum absolute atomic E-state index is 9.48. The van der Waals surface area contributed by atoms with Crippen molar-refractivity contribution in [3.8, 4) is 6.07 Å². The first kappa shape index (κ1) is 15.8. The minimum atomic E-state index is 0.502. The van der Waals surface area contributed by atoms with Gasteiger partial charge in [-0.2, -0.15) is 5.26 Å². The average Bonchev–Trinajstić information content (AvgIpc) is 3.06. The number of aromatic nitrogens is 3. The number of fused-ring (bicyclic) bond motifs is 1. The van der Waals surface area contributed by atoms with E-state index in [0.717, 1.165) is 29.7 Å². The van der Waals surface area contributed by atoms with Crippen LogP contribution in [-0.2, 0) is 0 Å². The lowest BCUT2D eigenvalue weighted by Crippen LogP contribution is -2.21. The predicted octanol–water partition coefficient (Wildman–Crippen LogP) is 3.87. The lowest BCUT2D eigenvalue weighted by atomic mass is 10.1. The van der Waals surface area contributed by atoms with Gasteiger partial charge in [0.2, 0.25) is 0 Å². The van der Waals surface area contributed by atoms with Crippen LogP contribution in [0.4, 0.5) is 5.69 Å². The van der Waals surface area contributed by atoms with E-state index < -0.39 is 0 Å². The van der Waals surface area contributed by atoms with Crippen LogP contribution < -0.4 is 4.90 Å². The standard InChI is InChI=1S/C19H19N5/c1-3-24(4-2)16-7-5-14(6-8-16)11-15(12-20)19-22-17-9-10-21-13-18(17)23-19/h5-11,13H,3-4H2,1-2H3,(H,22,23)/b15-11+. The van der Waals surface area contributed by atoms with Gasteiger partial charge in [0.15, 0.2) is 0 Å². The van der Waals surface area contributed by atoms with E-state index in [1.165, 1.54) is 5.69 Å². The fourth-order valence-electron chi connectivity index (χ4n) is 2.67. The van der Waals surface area contributed by atoms with E-state index in [-0.39, 0.29) is 0 Å². The molecule has 0 bridgehead atoms. The first-order valence-electron chi connectivity index (χ1n) is 8.02. The number of pyridine rings is 1. The summed E-state index contributed by atoms with van der Waals surface area (Å²) in [5, 5.41) is 9.48. The number of benzene rings is 1. The van der Waals surface area contributed by atoms with Crippen molar-refractivity contribution in [1.29, 1.82) is 5.26 Å². The molecule has 5 heteroatoms. The molecule has 0 aliphatic carbocycles. The zero-order chi connectivity index (χ0) is 16.9. The summed E-state index contributed by atoms with van der Waals surface area (Å²) in [6.45, 7) is 6.23. The van der Waals surface area contributed by atoms with Crippen molar-refractivity contribution in [2.45, 2.75) is 13.8 Å². The van der Waals surface area contributed by atoms with Crippen LogP contribution in [0.3, 0.4) is 0 Å². The minimum absolute atomic E-state index is 0.502. The summed E-state index contributed by atoms with van der Waals surface area (Å²) in [7, 11) is 0. The van der Waals surface area contributed by atoms with Gasteiger partial charge in [-0.15, -0.1) is 0 Å². The first-order chi connectivity index (χ1) is 11.7. The summed E-state index contributed by atoms with van der Waals surface area (Å²) in [5.41, 5.74) is 4.29. The van der Waals surface area contributed by atoms with Crippen molar-refractivity contribution in [3.05, 3.63) is 54.1 Å². The van der Waals surface area contributed by atoms with Crippen LogP contribution in [0.5, 0.6) is 0 Å². The van der Waals surface area contributed by atoms with Crippen molar-refractivity contribution in [2.24, 2.45) is 0 Å². The zero-order valence-electron chi connectivity index (χ0n) is 13.8. The molecule has 0 aliphatic heterocycles. The smallest absolute Gasteiger partial charge is 0.149 e. The Hall–Kier alpha value is -3.13. The Bertz CT molecular complexity index is 862. The highest BCUT2D eigenvalue weighted by Crippen LogP contribution is 2.20. The highest BCUT2D eigenvalue weighted by molar-refractivity contribution is 5.90. The Morgan fingerprint density at radius 3 is 2.58 bits per heavy atom. The van der Waals surface area contributed by atoms with Crippen LogP contribution in [0.2, 0.25) is 0 Å². The van der Waals surface area contributed by atoms with Crippen LogP contribution in [0.25, 0.3) is 22.7 Å². The number of imidazole rings is 1. The number of nitrogens with one attached hydrogen (secondary N) is 1. The van der Waals surface area contributed by atoms with Gasteiger partial charge < -0.3 is 9.88 Å². The summed E-state index contributed by atoms with van der Waals surface area (Å²) < 4.78 is 0. The second-order valence-electron chi connectivity index (χ2n) is 5.41. The van der Waals surface area contributed by atoms with Crippen molar-refractivity contribution < 1.29 is 0 Å². The van der Waals surface area contributed by atoms with E-state index >= 15 is 0 Å². The first-order valence-corrected chi connectivity index (χ1v) is 8.02. The van der Waals surface area contributed by atoms with Gasteiger partial charge in [0, 0.05) is 25.0 Å². The fraction of sp³-hybridized carbons (Fsp3) is 0.211. The molecule has 0 fully saturated rings. The Labute approximate surface area is 141 Å². The minimum Gasteiger partial charge on any atom is -0.372 e. The molecule has 24 heavy (non-hydrogen) atoms. The van der Waals surface area contributed by atoms with Gasteiger partial charge in [-0.05, 0) is 43.7 Å². The van der Waals surface area contributed by atoms with E-state index in [1.54, 1.807) is 12.4 Å². The van der Waals surface area contributed by atoms with Gasteiger partial charge in [0.1, 0.15) is 11.9 Å². The zero-order valence-corrected chi connectivity index (χ0v) is 13.8. The van der Waals surface area contributed by atoms with Crippen LogP contribution in [0.1, 0.15) is 25.2 Å². The van der Waals surface area contributed by atoms with E-state index in [9.17, 15) is 5.26 Å². The normalized spacial score (nSPS) is 11.5. The second-order valence-corrected chi connectivity index (χ2v) is 5.41. The van der Waals surface area contributed by atoms with Crippen molar-refractivity contribution in [2.75, 3.05) is 18.0 Å². The van der Waals surface area contributed by atoms with Gasteiger partial charge in [-0.1, -0.05) is 12.1 Å². The molecule has 2 aromatic heterocycles. The Morgan fingerprint density at radius 1 is 1.21 bits per heavy atom. The maximum atomic E-state index is 9.48. The van der Waals surface area contributed by atoms with E-state index in [1.807, 2.05) is 24.3 Å². The number of hydrogen-bond acceptors (Lipinski definition) is 4. The lowest BCUT2D eigenvalue weighted by molar-refractivity contribution is 0.866. The van der Waals surface area contributed by atoms with Gasteiger partial charge in [0.25, 0.3) is 0 Å². The molecule has 0 atom stereocenters. The molecule has 0 spiro atoms. The molecular weight excluding hydrogens is 298 g/mol. The molecular formula is C19H19N5. The predicted molar refractivity (Wildman–Crippen MR) is 97.4 cm³/mol. The summed E-state index contributed by atoms with van der Waals surface area (Å²) >= 11 is 0. The third kappa shape index (κ3) is 3.13.